The second kappa shape index (κ2) is 6.73. The summed E-state index contributed by atoms with van der Waals surface area (Å²) in [6, 6.07) is 7.43. The summed E-state index contributed by atoms with van der Waals surface area (Å²) in [6.45, 7) is 1.74. The number of carbonyl (C=O) groups excluding carboxylic acids is 1. The minimum Gasteiger partial charge on any atom is -0.384 e. The lowest BCUT2D eigenvalue weighted by Gasteiger charge is -2.14. The quantitative estimate of drug-likeness (QED) is 0.833. The van der Waals surface area contributed by atoms with E-state index in [2.05, 4.69) is 22.3 Å². The fraction of sp³-hybridized carbons (Fsp3) is 0.250. The van der Waals surface area contributed by atoms with Gasteiger partial charge in [0.25, 0.3) is 5.91 Å². The summed E-state index contributed by atoms with van der Waals surface area (Å²) in [6.07, 6.45) is 3.20. The van der Waals surface area contributed by atoms with Crippen molar-refractivity contribution in [2.24, 2.45) is 7.05 Å². The monoisotopic (exact) mass is 283 g/mol. The molecular weight excluding hydrogens is 266 g/mol. The molecule has 1 aromatic carbocycles. The van der Waals surface area contributed by atoms with Crippen LogP contribution in [0.15, 0.2) is 36.7 Å². The number of benzene rings is 1. The summed E-state index contributed by atoms with van der Waals surface area (Å²) in [5.41, 5.74) is 2.29. The van der Waals surface area contributed by atoms with Crippen molar-refractivity contribution in [3.63, 3.8) is 0 Å². The molecule has 5 heteroatoms. The van der Waals surface area contributed by atoms with E-state index in [9.17, 15) is 4.79 Å². The van der Waals surface area contributed by atoms with Gasteiger partial charge in [0.2, 0.25) is 0 Å². The number of carbonyl (C=O) groups is 1. The Morgan fingerprint density at radius 1 is 1.52 bits per heavy atom. The van der Waals surface area contributed by atoms with Crippen LogP contribution < -0.4 is 5.32 Å². The standard InChI is InChI=1S/C16H17N3O2/c1-12(18-16(21)15-10-17-19(2)11-15)14-7-3-5-13(9-14)6-4-8-20/h3,5,7,9-12,20H,8H2,1-2H3,(H,18,21). The van der Waals surface area contributed by atoms with Gasteiger partial charge in [-0.25, -0.2) is 0 Å². The van der Waals surface area contributed by atoms with Crippen molar-refractivity contribution < 1.29 is 9.90 Å². The fourth-order valence-corrected chi connectivity index (χ4v) is 1.93. The Hall–Kier alpha value is -2.58. The van der Waals surface area contributed by atoms with Crippen LogP contribution in [-0.4, -0.2) is 27.4 Å². The topological polar surface area (TPSA) is 67.2 Å². The minimum atomic E-state index is -0.169. The molecule has 0 saturated heterocycles. The number of aliphatic hydroxyl groups is 1. The minimum absolute atomic E-state index is 0.145. The Morgan fingerprint density at radius 2 is 2.33 bits per heavy atom. The molecule has 0 spiro atoms. The van der Waals surface area contributed by atoms with Gasteiger partial charge in [0, 0.05) is 18.8 Å². The number of amides is 1. The molecular formula is C16H17N3O2. The molecule has 1 aromatic heterocycles. The molecule has 0 aliphatic heterocycles. The van der Waals surface area contributed by atoms with Gasteiger partial charge in [0.15, 0.2) is 0 Å². The van der Waals surface area contributed by atoms with E-state index in [4.69, 9.17) is 5.11 Å². The van der Waals surface area contributed by atoms with Crippen molar-refractivity contribution in [3.8, 4) is 11.8 Å². The zero-order chi connectivity index (χ0) is 15.2. The highest BCUT2D eigenvalue weighted by Gasteiger charge is 2.12. The van der Waals surface area contributed by atoms with Gasteiger partial charge >= 0.3 is 0 Å². The van der Waals surface area contributed by atoms with Crippen molar-refractivity contribution in [1.82, 2.24) is 15.1 Å². The first-order valence-electron chi connectivity index (χ1n) is 6.59. The number of aliphatic hydroxyl groups excluding tert-OH is 1. The van der Waals surface area contributed by atoms with E-state index in [1.807, 2.05) is 31.2 Å². The van der Waals surface area contributed by atoms with E-state index in [0.29, 0.717) is 5.56 Å². The van der Waals surface area contributed by atoms with E-state index in [0.717, 1.165) is 11.1 Å². The van der Waals surface area contributed by atoms with Crippen LogP contribution in [0, 0.1) is 11.8 Å². The molecule has 2 N–H and O–H groups in total. The lowest BCUT2D eigenvalue weighted by Crippen LogP contribution is -2.26. The summed E-state index contributed by atoms with van der Waals surface area (Å²) >= 11 is 0. The average molecular weight is 283 g/mol. The third-order valence-electron chi connectivity index (χ3n) is 3.01. The van der Waals surface area contributed by atoms with Crippen LogP contribution in [0.4, 0.5) is 0 Å². The number of rotatable bonds is 3. The van der Waals surface area contributed by atoms with Gasteiger partial charge < -0.3 is 10.4 Å². The van der Waals surface area contributed by atoms with Crippen LogP contribution in [0.25, 0.3) is 0 Å². The van der Waals surface area contributed by atoms with Crippen molar-refractivity contribution in [1.29, 1.82) is 0 Å². The number of nitrogens with zero attached hydrogens (tertiary/aromatic N) is 2. The Labute approximate surface area is 123 Å². The molecule has 1 heterocycles. The molecule has 0 aliphatic carbocycles. The second-order valence-electron chi connectivity index (χ2n) is 4.68. The zero-order valence-corrected chi connectivity index (χ0v) is 12.0. The molecule has 5 nitrogen and oxygen atoms in total. The highest BCUT2D eigenvalue weighted by atomic mass is 16.2. The Morgan fingerprint density at radius 3 is 3.00 bits per heavy atom. The predicted octanol–water partition coefficient (Wildman–Crippen LogP) is 1.25. The van der Waals surface area contributed by atoms with Crippen molar-refractivity contribution in [3.05, 3.63) is 53.3 Å². The van der Waals surface area contributed by atoms with E-state index in [-0.39, 0.29) is 18.6 Å². The number of hydrogen-bond donors (Lipinski definition) is 2. The van der Waals surface area contributed by atoms with Crippen LogP contribution in [0.2, 0.25) is 0 Å². The summed E-state index contributed by atoms with van der Waals surface area (Å²) in [5, 5.41) is 15.6. The summed E-state index contributed by atoms with van der Waals surface area (Å²) in [4.78, 5) is 12.1. The number of aromatic nitrogens is 2. The summed E-state index contributed by atoms with van der Waals surface area (Å²) in [5.74, 6) is 5.29. The smallest absolute Gasteiger partial charge is 0.254 e. The molecule has 0 radical (unpaired) electrons. The average Bonchev–Trinajstić information content (AvgIpc) is 2.92. The molecule has 1 amide bonds. The van der Waals surface area contributed by atoms with Gasteiger partial charge in [-0.05, 0) is 24.6 Å². The van der Waals surface area contributed by atoms with Gasteiger partial charge in [-0.15, -0.1) is 0 Å². The van der Waals surface area contributed by atoms with Crippen molar-refractivity contribution in [2.45, 2.75) is 13.0 Å². The number of nitrogens with one attached hydrogen (secondary N) is 1. The zero-order valence-electron chi connectivity index (χ0n) is 12.0. The van der Waals surface area contributed by atoms with Crippen LogP contribution in [-0.2, 0) is 7.05 Å². The molecule has 0 bridgehead atoms. The van der Waals surface area contributed by atoms with Crippen molar-refractivity contribution >= 4 is 5.91 Å². The highest BCUT2D eigenvalue weighted by molar-refractivity contribution is 5.93. The summed E-state index contributed by atoms with van der Waals surface area (Å²) in [7, 11) is 1.77. The molecule has 0 saturated carbocycles. The Balaban J connectivity index is 2.09. The molecule has 0 fully saturated rings. The maximum Gasteiger partial charge on any atom is 0.254 e. The van der Waals surface area contributed by atoms with Crippen LogP contribution >= 0.6 is 0 Å². The molecule has 2 rings (SSSR count). The van der Waals surface area contributed by atoms with Gasteiger partial charge in [0.05, 0.1) is 17.8 Å². The van der Waals surface area contributed by atoms with E-state index < -0.39 is 0 Å². The Bertz CT molecular complexity index is 695. The lowest BCUT2D eigenvalue weighted by molar-refractivity contribution is 0.0940. The lowest BCUT2D eigenvalue weighted by atomic mass is 10.0. The summed E-state index contributed by atoms with van der Waals surface area (Å²) < 4.78 is 1.59. The fourth-order valence-electron chi connectivity index (χ4n) is 1.93. The third-order valence-corrected chi connectivity index (χ3v) is 3.01. The molecule has 0 aliphatic rings. The normalized spacial score (nSPS) is 11.4. The molecule has 1 unspecified atom stereocenters. The third kappa shape index (κ3) is 3.94. The predicted molar refractivity (Wildman–Crippen MR) is 79.5 cm³/mol. The largest absolute Gasteiger partial charge is 0.384 e. The molecule has 2 aromatic rings. The Kier molecular flexibility index (Phi) is 4.75. The van der Waals surface area contributed by atoms with E-state index in [1.54, 1.807) is 17.9 Å². The molecule has 1 atom stereocenters. The first-order valence-corrected chi connectivity index (χ1v) is 6.59. The first-order chi connectivity index (χ1) is 10.1. The van der Waals surface area contributed by atoms with Crippen LogP contribution in [0.5, 0.6) is 0 Å². The number of aryl methyl sites for hydroxylation is 1. The van der Waals surface area contributed by atoms with E-state index in [1.165, 1.54) is 6.20 Å². The number of hydrogen-bond acceptors (Lipinski definition) is 3. The van der Waals surface area contributed by atoms with Crippen LogP contribution in [0.1, 0.15) is 34.5 Å². The molecule has 108 valence electrons. The van der Waals surface area contributed by atoms with Crippen molar-refractivity contribution in [2.75, 3.05) is 6.61 Å². The van der Waals surface area contributed by atoms with Gasteiger partial charge in [-0.1, -0.05) is 24.0 Å². The SMILES string of the molecule is CC(NC(=O)c1cnn(C)c1)c1cccc(C#CCO)c1. The van der Waals surface area contributed by atoms with E-state index >= 15 is 0 Å². The van der Waals surface area contributed by atoms with Gasteiger partial charge in [0.1, 0.15) is 6.61 Å². The highest BCUT2D eigenvalue weighted by Crippen LogP contribution is 2.14. The second-order valence-corrected chi connectivity index (χ2v) is 4.68. The first kappa shape index (κ1) is 14.8. The van der Waals surface area contributed by atoms with Gasteiger partial charge in [-0.3, -0.25) is 9.48 Å². The maximum absolute atomic E-state index is 12.1. The van der Waals surface area contributed by atoms with Gasteiger partial charge in [-0.2, -0.15) is 5.10 Å². The maximum atomic E-state index is 12.1. The van der Waals surface area contributed by atoms with Crippen LogP contribution in [0.3, 0.4) is 0 Å². The molecule has 21 heavy (non-hydrogen) atoms.